The zero-order chi connectivity index (χ0) is 25.5. The predicted octanol–water partition coefficient (Wildman–Crippen LogP) is 4.04. The molecule has 36 heavy (non-hydrogen) atoms. The Hall–Kier alpha value is -3.41. The zero-order valence-electron chi connectivity index (χ0n) is 19.4. The number of nitrogens with zero attached hydrogens (tertiary/aromatic N) is 5. The van der Waals surface area contributed by atoms with Crippen LogP contribution < -0.4 is 14.5 Å². The maximum Gasteiger partial charge on any atom is 0.433 e. The molecular formula is C24H24F3N5O3S. The van der Waals surface area contributed by atoms with Crippen molar-refractivity contribution < 1.29 is 26.3 Å². The molecule has 1 saturated heterocycles. The van der Waals surface area contributed by atoms with Gasteiger partial charge in [-0.05, 0) is 42.3 Å². The topological polar surface area (TPSA) is 88.5 Å². The second kappa shape index (κ2) is 9.23. The normalized spacial score (nSPS) is 16.8. The molecule has 0 radical (unpaired) electrons. The Kier molecular flexibility index (Phi) is 6.23. The van der Waals surface area contributed by atoms with Gasteiger partial charge in [-0.1, -0.05) is 6.07 Å². The van der Waals surface area contributed by atoms with E-state index in [9.17, 15) is 21.6 Å². The van der Waals surface area contributed by atoms with Crippen LogP contribution in [0.1, 0.15) is 24.1 Å². The molecule has 0 saturated carbocycles. The van der Waals surface area contributed by atoms with Crippen molar-refractivity contribution in [1.82, 2.24) is 15.0 Å². The van der Waals surface area contributed by atoms with Crippen molar-refractivity contribution in [3.8, 4) is 5.88 Å². The maximum absolute atomic E-state index is 13.0. The molecule has 5 rings (SSSR count). The number of benzene rings is 1. The lowest BCUT2D eigenvalue weighted by Gasteiger charge is -2.33. The van der Waals surface area contributed by atoms with E-state index in [0.717, 1.165) is 17.3 Å². The summed E-state index contributed by atoms with van der Waals surface area (Å²) in [4.78, 5) is 16.5. The van der Waals surface area contributed by atoms with Crippen LogP contribution in [0.2, 0.25) is 0 Å². The predicted molar refractivity (Wildman–Crippen MR) is 127 cm³/mol. The highest BCUT2D eigenvalue weighted by atomic mass is 32.2. The van der Waals surface area contributed by atoms with E-state index in [1.54, 1.807) is 30.3 Å². The summed E-state index contributed by atoms with van der Waals surface area (Å²) in [6, 6.07) is 10.8. The third-order valence-corrected chi connectivity index (χ3v) is 7.47. The fourth-order valence-corrected chi connectivity index (χ4v) is 5.19. The second-order valence-corrected chi connectivity index (χ2v) is 10.9. The molecule has 0 aliphatic carbocycles. The molecule has 0 N–H and O–H groups in total. The Bertz CT molecular complexity index is 1380. The number of sulfone groups is 1. The minimum Gasteiger partial charge on any atom is -0.474 e. The van der Waals surface area contributed by atoms with Gasteiger partial charge in [0.2, 0.25) is 5.88 Å². The summed E-state index contributed by atoms with van der Waals surface area (Å²) in [6.07, 6.45) is -0.0888. The highest BCUT2D eigenvalue weighted by Crippen LogP contribution is 2.36. The van der Waals surface area contributed by atoms with Gasteiger partial charge in [0.1, 0.15) is 29.8 Å². The van der Waals surface area contributed by atoms with Crippen LogP contribution in [0.4, 0.5) is 30.5 Å². The standard InChI is InChI=1S/C24H24F3N5O3S/c1-36(33,34)18-5-6-19-16(13-18)7-12-32(19)22-14-23(29-15-28-22)35-17-8-10-31(11-9-17)21-4-2-3-20(30-21)24(25,26)27/h2-6,13-15,17H,7-12H2,1H3. The van der Waals surface area contributed by atoms with E-state index in [0.29, 0.717) is 61.3 Å². The summed E-state index contributed by atoms with van der Waals surface area (Å²) in [6.45, 7) is 1.68. The lowest BCUT2D eigenvalue weighted by Crippen LogP contribution is -2.39. The van der Waals surface area contributed by atoms with Gasteiger partial charge in [-0.3, -0.25) is 0 Å². The van der Waals surface area contributed by atoms with Gasteiger partial charge in [-0.2, -0.15) is 13.2 Å². The molecule has 2 aliphatic rings. The van der Waals surface area contributed by atoms with Crippen molar-refractivity contribution in [3.63, 3.8) is 0 Å². The lowest BCUT2D eigenvalue weighted by atomic mass is 10.1. The van der Waals surface area contributed by atoms with E-state index in [2.05, 4.69) is 15.0 Å². The summed E-state index contributed by atoms with van der Waals surface area (Å²) >= 11 is 0. The van der Waals surface area contributed by atoms with Crippen LogP contribution in [0.15, 0.2) is 53.7 Å². The number of rotatable bonds is 5. The van der Waals surface area contributed by atoms with Crippen LogP contribution in [-0.2, 0) is 22.4 Å². The highest BCUT2D eigenvalue weighted by Gasteiger charge is 2.33. The molecule has 0 bridgehead atoms. The fourth-order valence-electron chi connectivity index (χ4n) is 4.52. The first-order valence-electron chi connectivity index (χ1n) is 11.5. The third-order valence-electron chi connectivity index (χ3n) is 6.36. The Balaban J connectivity index is 1.24. The second-order valence-electron chi connectivity index (χ2n) is 8.86. The fraction of sp³-hybridized carbons (Fsp3) is 0.375. The average Bonchev–Trinajstić information content (AvgIpc) is 3.27. The molecule has 2 aromatic heterocycles. The third kappa shape index (κ3) is 5.08. The van der Waals surface area contributed by atoms with Gasteiger partial charge in [0.05, 0.1) is 4.90 Å². The van der Waals surface area contributed by atoms with Gasteiger partial charge < -0.3 is 14.5 Å². The SMILES string of the molecule is CS(=O)(=O)c1ccc2c(c1)CCN2c1cc(OC2CCN(c3cccc(C(F)(F)F)n3)CC2)ncn1. The van der Waals surface area contributed by atoms with Gasteiger partial charge in [0, 0.05) is 50.5 Å². The van der Waals surface area contributed by atoms with Crippen LogP contribution in [0, 0.1) is 0 Å². The number of fused-ring (bicyclic) bond motifs is 1. The van der Waals surface area contributed by atoms with E-state index >= 15 is 0 Å². The number of halogens is 3. The summed E-state index contributed by atoms with van der Waals surface area (Å²) < 4.78 is 68.8. The van der Waals surface area contributed by atoms with E-state index in [-0.39, 0.29) is 6.10 Å². The Morgan fingerprint density at radius 2 is 1.78 bits per heavy atom. The van der Waals surface area contributed by atoms with Crippen LogP contribution in [0.3, 0.4) is 0 Å². The number of aromatic nitrogens is 3. The molecule has 0 amide bonds. The molecule has 4 heterocycles. The summed E-state index contributed by atoms with van der Waals surface area (Å²) in [5.41, 5.74) is 0.937. The first kappa shape index (κ1) is 24.3. The molecule has 2 aliphatic heterocycles. The van der Waals surface area contributed by atoms with Crippen LogP contribution in [-0.4, -0.2) is 55.4 Å². The smallest absolute Gasteiger partial charge is 0.433 e. The van der Waals surface area contributed by atoms with E-state index < -0.39 is 21.7 Å². The Morgan fingerprint density at radius 3 is 2.50 bits per heavy atom. The molecule has 0 unspecified atom stereocenters. The number of piperidine rings is 1. The van der Waals surface area contributed by atoms with Gasteiger partial charge in [0.25, 0.3) is 0 Å². The maximum atomic E-state index is 13.0. The first-order chi connectivity index (χ1) is 17.1. The zero-order valence-corrected chi connectivity index (χ0v) is 20.3. The molecule has 190 valence electrons. The van der Waals surface area contributed by atoms with Crippen LogP contribution in [0.25, 0.3) is 0 Å². The van der Waals surface area contributed by atoms with Crippen molar-refractivity contribution in [3.05, 3.63) is 60.0 Å². The number of pyridine rings is 1. The molecular weight excluding hydrogens is 495 g/mol. The summed E-state index contributed by atoms with van der Waals surface area (Å²) in [7, 11) is -3.28. The molecule has 0 spiro atoms. The number of alkyl halides is 3. The van der Waals surface area contributed by atoms with E-state index in [1.165, 1.54) is 18.6 Å². The molecule has 12 heteroatoms. The van der Waals surface area contributed by atoms with Gasteiger partial charge in [-0.25, -0.2) is 23.4 Å². The number of ether oxygens (including phenoxy) is 1. The van der Waals surface area contributed by atoms with E-state index in [1.807, 2.05) is 9.80 Å². The number of hydrogen-bond donors (Lipinski definition) is 0. The van der Waals surface area contributed by atoms with Crippen molar-refractivity contribution in [2.75, 3.05) is 35.7 Å². The Labute approximate surface area is 206 Å². The Morgan fingerprint density at radius 1 is 1.00 bits per heavy atom. The molecule has 0 atom stereocenters. The van der Waals surface area contributed by atoms with Crippen molar-refractivity contribution in [2.24, 2.45) is 0 Å². The van der Waals surface area contributed by atoms with Crippen molar-refractivity contribution >= 4 is 27.2 Å². The van der Waals surface area contributed by atoms with Gasteiger partial charge >= 0.3 is 6.18 Å². The summed E-state index contributed by atoms with van der Waals surface area (Å²) in [5, 5.41) is 0. The molecule has 3 aromatic rings. The highest BCUT2D eigenvalue weighted by molar-refractivity contribution is 7.90. The minimum atomic E-state index is -4.48. The largest absolute Gasteiger partial charge is 0.474 e. The lowest BCUT2D eigenvalue weighted by molar-refractivity contribution is -0.141. The first-order valence-corrected chi connectivity index (χ1v) is 13.4. The minimum absolute atomic E-state index is 0.141. The van der Waals surface area contributed by atoms with Crippen molar-refractivity contribution in [1.29, 1.82) is 0 Å². The van der Waals surface area contributed by atoms with Crippen LogP contribution >= 0.6 is 0 Å². The van der Waals surface area contributed by atoms with Crippen LogP contribution in [0.5, 0.6) is 5.88 Å². The quantitative estimate of drug-likeness (QED) is 0.499. The molecule has 1 fully saturated rings. The molecule has 8 nitrogen and oxygen atoms in total. The number of anilines is 3. The van der Waals surface area contributed by atoms with Gasteiger partial charge in [-0.15, -0.1) is 0 Å². The average molecular weight is 520 g/mol. The number of hydrogen-bond acceptors (Lipinski definition) is 8. The summed E-state index contributed by atoms with van der Waals surface area (Å²) in [5.74, 6) is 1.37. The van der Waals surface area contributed by atoms with Crippen molar-refractivity contribution in [2.45, 2.75) is 36.4 Å². The van der Waals surface area contributed by atoms with E-state index in [4.69, 9.17) is 4.74 Å². The monoisotopic (exact) mass is 519 g/mol. The molecule has 1 aromatic carbocycles. The van der Waals surface area contributed by atoms with Gasteiger partial charge in [0.15, 0.2) is 9.84 Å².